The van der Waals surface area contributed by atoms with E-state index >= 15 is 0 Å². The molecule has 0 atom stereocenters. The Morgan fingerprint density at radius 2 is 2.00 bits per heavy atom. The lowest BCUT2D eigenvalue weighted by Gasteiger charge is -2.02. The van der Waals surface area contributed by atoms with Crippen LogP contribution < -0.4 is 5.32 Å². The highest BCUT2D eigenvalue weighted by molar-refractivity contribution is 5.94. The molecule has 0 heterocycles. The van der Waals surface area contributed by atoms with Gasteiger partial charge in [-0.25, -0.2) is 0 Å². The molecule has 1 aromatic carbocycles. The molecule has 14 heavy (non-hydrogen) atoms. The number of rotatable bonds is 4. The zero-order valence-electron chi connectivity index (χ0n) is 7.56. The van der Waals surface area contributed by atoms with Crippen LogP contribution in [0.15, 0.2) is 24.3 Å². The number of aliphatic hydroxyl groups is 1. The Labute approximate surface area is 81.6 Å². The summed E-state index contributed by atoms with van der Waals surface area (Å²) in [5, 5.41) is 11.0. The van der Waals surface area contributed by atoms with Crippen LogP contribution in [0.4, 0.5) is 0 Å². The van der Waals surface area contributed by atoms with Gasteiger partial charge in [0.05, 0.1) is 6.61 Å². The van der Waals surface area contributed by atoms with Crippen LogP contribution in [0.3, 0.4) is 0 Å². The van der Waals surface area contributed by atoms with Gasteiger partial charge in [0, 0.05) is 17.7 Å². The van der Waals surface area contributed by atoms with Crippen molar-refractivity contribution in [2.24, 2.45) is 0 Å². The number of hydrogen-bond acceptors (Lipinski definition) is 3. The number of amides is 1. The summed E-state index contributed by atoms with van der Waals surface area (Å²) >= 11 is 0. The van der Waals surface area contributed by atoms with Crippen molar-refractivity contribution < 1.29 is 14.7 Å². The lowest BCUT2D eigenvalue weighted by Crippen LogP contribution is -2.26. The van der Waals surface area contributed by atoms with Crippen molar-refractivity contribution in [3.8, 4) is 0 Å². The van der Waals surface area contributed by atoms with Gasteiger partial charge in [0.25, 0.3) is 5.91 Å². The van der Waals surface area contributed by atoms with Gasteiger partial charge in [0.15, 0.2) is 0 Å². The molecule has 0 saturated carbocycles. The van der Waals surface area contributed by atoms with E-state index in [2.05, 4.69) is 5.32 Å². The Balaban J connectivity index is 2.66. The molecule has 2 N–H and O–H groups in total. The topological polar surface area (TPSA) is 66.4 Å². The maximum atomic E-state index is 11.3. The predicted octanol–water partition coefficient (Wildman–Crippen LogP) is 0.221. The summed E-state index contributed by atoms with van der Waals surface area (Å²) in [6, 6.07) is 6.27. The van der Waals surface area contributed by atoms with Gasteiger partial charge in [-0.3, -0.25) is 9.59 Å². The van der Waals surface area contributed by atoms with E-state index in [9.17, 15) is 9.59 Å². The van der Waals surface area contributed by atoms with E-state index < -0.39 is 0 Å². The molecule has 0 aliphatic carbocycles. The van der Waals surface area contributed by atoms with Crippen LogP contribution in [-0.4, -0.2) is 30.5 Å². The minimum atomic E-state index is -0.253. The van der Waals surface area contributed by atoms with E-state index in [0.29, 0.717) is 11.1 Å². The molecule has 0 spiro atoms. The van der Waals surface area contributed by atoms with Crippen molar-refractivity contribution in [1.29, 1.82) is 0 Å². The predicted molar refractivity (Wildman–Crippen MR) is 51.2 cm³/mol. The highest BCUT2D eigenvalue weighted by Gasteiger charge is 2.03. The van der Waals surface area contributed by atoms with E-state index in [1.54, 1.807) is 24.3 Å². The van der Waals surface area contributed by atoms with Crippen LogP contribution in [-0.2, 0) is 0 Å². The molecule has 0 aliphatic heterocycles. The quantitative estimate of drug-likeness (QED) is 0.672. The Morgan fingerprint density at radius 1 is 1.36 bits per heavy atom. The van der Waals surface area contributed by atoms with Gasteiger partial charge in [-0.2, -0.15) is 0 Å². The van der Waals surface area contributed by atoms with Gasteiger partial charge in [0.1, 0.15) is 6.29 Å². The molecular formula is C10H11NO3. The van der Waals surface area contributed by atoms with Gasteiger partial charge in [-0.1, -0.05) is 12.1 Å². The first-order valence-corrected chi connectivity index (χ1v) is 4.22. The smallest absolute Gasteiger partial charge is 0.251 e. The summed E-state index contributed by atoms with van der Waals surface area (Å²) in [7, 11) is 0. The number of aliphatic hydroxyl groups excluding tert-OH is 1. The van der Waals surface area contributed by atoms with Crippen LogP contribution >= 0.6 is 0 Å². The normalized spacial score (nSPS) is 9.50. The monoisotopic (exact) mass is 193 g/mol. The Kier molecular flexibility index (Phi) is 3.82. The first-order chi connectivity index (χ1) is 6.77. The maximum absolute atomic E-state index is 11.3. The number of nitrogens with one attached hydrogen (secondary N) is 1. The number of carbonyl (C=O) groups is 2. The van der Waals surface area contributed by atoms with Gasteiger partial charge in [0.2, 0.25) is 0 Å². The first-order valence-electron chi connectivity index (χ1n) is 4.22. The highest BCUT2D eigenvalue weighted by Crippen LogP contribution is 2.01. The molecule has 0 radical (unpaired) electrons. The Morgan fingerprint density at radius 3 is 2.50 bits per heavy atom. The zero-order chi connectivity index (χ0) is 10.4. The van der Waals surface area contributed by atoms with Gasteiger partial charge in [-0.05, 0) is 12.1 Å². The third-order valence-electron chi connectivity index (χ3n) is 1.71. The van der Waals surface area contributed by atoms with E-state index in [1.165, 1.54) is 0 Å². The molecular weight excluding hydrogens is 182 g/mol. The van der Waals surface area contributed by atoms with Crippen molar-refractivity contribution in [3.05, 3.63) is 35.4 Å². The van der Waals surface area contributed by atoms with Crippen LogP contribution in [0.5, 0.6) is 0 Å². The molecule has 0 saturated heterocycles. The van der Waals surface area contributed by atoms with E-state index in [0.717, 1.165) is 6.29 Å². The molecule has 0 unspecified atom stereocenters. The van der Waals surface area contributed by atoms with Crippen LogP contribution in [0.1, 0.15) is 20.7 Å². The van der Waals surface area contributed by atoms with Gasteiger partial charge < -0.3 is 10.4 Å². The van der Waals surface area contributed by atoms with Crippen LogP contribution in [0.25, 0.3) is 0 Å². The summed E-state index contributed by atoms with van der Waals surface area (Å²) in [4.78, 5) is 21.6. The number of hydrogen-bond donors (Lipinski definition) is 2. The lowest BCUT2D eigenvalue weighted by molar-refractivity contribution is 0.0944. The summed E-state index contributed by atoms with van der Waals surface area (Å²) in [5.41, 5.74) is 1.01. The Bertz CT molecular complexity index is 319. The van der Waals surface area contributed by atoms with Crippen LogP contribution in [0, 0.1) is 0 Å². The second-order valence-corrected chi connectivity index (χ2v) is 2.72. The van der Waals surface area contributed by atoms with E-state index in [1.807, 2.05) is 0 Å². The molecule has 1 aromatic rings. The van der Waals surface area contributed by atoms with E-state index in [-0.39, 0.29) is 19.1 Å². The molecule has 0 aliphatic rings. The van der Waals surface area contributed by atoms with Crippen molar-refractivity contribution >= 4 is 12.2 Å². The third-order valence-corrected chi connectivity index (χ3v) is 1.71. The molecule has 4 heteroatoms. The maximum Gasteiger partial charge on any atom is 0.251 e. The molecule has 0 bridgehead atoms. The summed E-state index contributed by atoms with van der Waals surface area (Å²) < 4.78 is 0. The van der Waals surface area contributed by atoms with Gasteiger partial charge >= 0.3 is 0 Å². The van der Waals surface area contributed by atoms with Crippen molar-refractivity contribution in [2.75, 3.05) is 13.2 Å². The van der Waals surface area contributed by atoms with Gasteiger partial charge in [-0.15, -0.1) is 0 Å². The number of carbonyl (C=O) groups excluding carboxylic acids is 2. The first kappa shape index (κ1) is 10.4. The second-order valence-electron chi connectivity index (χ2n) is 2.72. The Hall–Kier alpha value is -1.68. The minimum absolute atomic E-state index is 0.0852. The molecule has 74 valence electrons. The minimum Gasteiger partial charge on any atom is -0.395 e. The average Bonchev–Trinajstić information content (AvgIpc) is 2.26. The van der Waals surface area contributed by atoms with E-state index in [4.69, 9.17) is 5.11 Å². The average molecular weight is 193 g/mol. The fraction of sp³-hybridized carbons (Fsp3) is 0.200. The second kappa shape index (κ2) is 5.14. The fourth-order valence-electron chi connectivity index (χ4n) is 0.985. The SMILES string of the molecule is O=Cc1ccc(C(=O)NCCO)cc1. The number of aldehydes is 1. The summed E-state index contributed by atoms with van der Waals surface area (Å²) in [6.45, 7) is 0.145. The van der Waals surface area contributed by atoms with Crippen molar-refractivity contribution in [3.63, 3.8) is 0 Å². The van der Waals surface area contributed by atoms with Crippen LogP contribution in [0.2, 0.25) is 0 Å². The number of benzene rings is 1. The third kappa shape index (κ3) is 2.67. The highest BCUT2D eigenvalue weighted by atomic mass is 16.3. The standard InChI is InChI=1S/C10H11NO3/c12-6-5-11-10(14)9-3-1-8(7-13)2-4-9/h1-4,7,12H,5-6H2,(H,11,14). The molecule has 0 aromatic heterocycles. The largest absolute Gasteiger partial charge is 0.395 e. The molecule has 1 rings (SSSR count). The molecule has 1 amide bonds. The van der Waals surface area contributed by atoms with Crippen molar-refractivity contribution in [1.82, 2.24) is 5.32 Å². The van der Waals surface area contributed by atoms with Crippen molar-refractivity contribution in [2.45, 2.75) is 0 Å². The fourth-order valence-corrected chi connectivity index (χ4v) is 0.985. The lowest BCUT2D eigenvalue weighted by atomic mass is 10.1. The summed E-state index contributed by atoms with van der Waals surface area (Å²) in [6.07, 6.45) is 0.718. The summed E-state index contributed by atoms with van der Waals surface area (Å²) in [5.74, 6) is -0.253. The zero-order valence-corrected chi connectivity index (χ0v) is 7.56. The molecule has 4 nitrogen and oxygen atoms in total. The molecule has 0 fully saturated rings.